The molecule has 2 aliphatic rings. The lowest BCUT2D eigenvalue weighted by molar-refractivity contribution is 0.233. The van der Waals surface area contributed by atoms with Crippen LogP contribution in [0.4, 0.5) is 4.79 Å². The standard InChI is InChI=1S/C17H25N3O3S/c1-12(2)18-17(21)19-15-9-10-20(11-13-7-8-13)24(22,23)16-6-4-3-5-14(15)16/h3-6,12-13,15H,7-11H2,1-2H3,(H2,18,19,21). The molecule has 2 N–H and O–H groups in total. The fraction of sp³-hybridized carbons (Fsp3) is 0.588. The van der Waals surface area contributed by atoms with Crippen LogP contribution < -0.4 is 10.6 Å². The third kappa shape index (κ3) is 3.72. The minimum atomic E-state index is -3.50. The number of carbonyl (C=O) groups excluding carboxylic acids is 1. The van der Waals surface area contributed by atoms with Gasteiger partial charge < -0.3 is 10.6 Å². The van der Waals surface area contributed by atoms with Crippen LogP contribution in [0.3, 0.4) is 0 Å². The summed E-state index contributed by atoms with van der Waals surface area (Å²) in [6.45, 7) is 4.80. The normalized spacial score (nSPS) is 23.4. The van der Waals surface area contributed by atoms with E-state index in [1.54, 1.807) is 22.5 Å². The average Bonchev–Trinajstić information content (AvgIpc) is 3.33. The number of hydrogen-bond acceptors (Lipinski definition) is 3. The number of sulfonamides is 1. The Morgan fingerprint density at radius 1 is 1.25 bits per heavy atom. The van der Waals surface area contributed by atoms with Gasteiger partial charge in [0.1, 0.15) is 0 Å². The van der Waals surface area contributed by atoms with Crippen LogP contribution >= 0.6 is 0 Å². The Morgan fingerprint density at radius 3 is 2.62 bits per heavy atom. The molecule has 1 aromatic carbocycles. The van der Waals surface area contributed by atoms with Crippen LogP contribution in [0, 0.1) is 5.92 Å². The van der Waals surface area contributed by atoms with Crippen molar-refractivity contribution in [2.24, 2.45) is 5.92 Å². The molecule has 2 amide bonds. The molecule has 1 heterocycles. The van der Waals surface area contributed by atoms with Crippen molar-refractivity contribution in [3.05, 3.63) is 29.8 Å². The zero-order chi connectivity index (χ0) is 17.3. The molecule has 1 fully saturated rings. The van der Waals surface area contributed by atoms with Gasteiger partial charge in [0.25, 0.3) is 0 Å². The van der Waals surface area contributed by atoms with E-state index in [0.717, 1.165) is 12.8 Å². The number of amides is 2. The van der Waals surface area contributed by atoms with Crippen LogP contribution in [0.25, 0.3) is 0 Å². The lowest BCUT2D eigenvalue weighted by Gasteiger charge is -2.20. The number of carbonyl (C=O) groups is 1. The summed E-state index contributed by atoms with van der Waals surface area (Å²) in [4.78, 5) is 12.4. The van der Waals surface area contributed by atoms with E-state index in [1.807, 2.05) is 19.9 Å². The quantitative estimate of drug-likeness (QED) is 0.873. The molecule has 7 heteroatoms. The topological polar surface area (TPSA) is 78.5 Å². The van der Waals surface area contributed by atoms with Gasteiger partial charge in [-0.2, -0.15) is 4.31 Å². The maximum Gasteiger partial charge on any atom is 0.315 e. The maximum absolute atomic E-state index is 13.0. The van der Waals surface area contributed by atoms with Crippen molar-refractivity contribution in [2.45, 2.75) is 50.1 Å². The third-order valence-corrected chi connectivity index (χ3v) is 6.40. The Balaban J connectivity index is 1.88. The Morgan fingerprint density at radius 2 is 1.96 bits per heavy atom. The van der Waals surface area contributed by atoms with Crippen LogP contribution in [0.5, 0.6) is 0 Å². The van der Waals surface area contributed by atoms with E-state index < -0.39 is 10.0 Å². The van der Waals surface area contributed by atoms with Gasteiger partial charge in [-0.25, -0.2) is 13.2 Å². The first-order valence-corrected chi connectivity index (χ1v) is 9.98. The summed E-state index contributed by atoms with van der Waals surface area (Å²) < 4.78 is 27.6. The second kappa shape index (κ2) is 6.72. The highest BCUT2D eigenvalue weighted by Crippen LogP contribution is 2.36. The van der Waals surface area contributed by atoms with Gasteiger partial charge in [0.15, 0.2) is 0 Å². The van der Waals surface area contributed by atoms with E-state index in [0.29, 0.717) is 35.9 Å². The summed E-state index contributed by atoms with van der Waals surface area (Å²) in [5.74, 6) is 0.487. The summed E-state index contributed by atoms with van der Waals surface area (Å²) in [5, 5.41) is 5.73. The molecule has 1 atom stereocenters. The Hall–Kier alpha value is -1.60. The number of hydrogen-bond donors (Lipinski definition) is 2. The molecule has 0 saturated heterocycles. The van der Waals surface area contributed by atoms with E-state index in [-0.39, 0.29) is 18.1 Å². The van der Waals surface area contributed by atoms with E-state index in [1.165, 1.54) is 0 Å². The average molecular weight is 351 g/mol. The summed E-state index contributed by atoms with van der Waals surface area (Å²) in [6, 6.07) is 6.46. The van der Waals surface area contributed by atoms with Crippen molar-refractivity contribution in [3.63, 3.8) is 0 Å². The summed E-state index contributed by atoms with van der Waals surface area (Å²) in [6.07, 6.45) is 2.78. The number of urea groups is 1. The van der Waals surface area contributed by atoms with Gasteiger partial charge in [-0.1, -0.05) is 18.2 Å². The molecule has 24 heavy (non-hydrogen) atoms. The van der Waals surface area contributed by atoms with Crippen molar-refractivity contribution in [2.75, 3.05) is 13.1 Å². The van der Waals surface area contributed by atoms with Crippen molar-refractivity contribution in [3.8, 4) is 0 Å². The molecular formula is C17H25N3O3S. The monoisotopic (exact) mass is 351 g/mol. The van der Waals surface area contributed by atoms with Gasteiger partial charge in [-0.05, 0) is 50.7 Å². The number of rotatable bonds is 4. The summed E-state index contributed by atoms with van der Waals surface area (Å²) >= 11 is 0. The SMILES string of the molecule is CC(C)NC(=O)NC1CCN(CC2CC2)S(=O)(=O)c2ccccc21. The Labute approximate surface area is 143 Å². The molecule has 1 unspecified atom stereocenters. The number of benzene rings is 1. The number of nitrogens with zero attached hydrogens (tertiary/aromatic N) is 1. The van der Waals surface area contributed by atoms with Crippen molar-refractivity contribution < 1.29 is 13.2 Å². The van der Waals surface area contributed by atoms with Gasteiger partial charge >= 0.3 is 6.03 Å². The highest BCUT2D eigenvalue weighted by molar-refractivity contribution is 7.89. The maximum atomic E-state index is 13.0. The minimum absolute atomic E-state index is 0.0288. The number of fused-ring (bicyclic) bond motifs is 1. The molecule has 0 bridgehead atoms. The van der Waals surface area contributed by atoms with Crippen LogP contribution in [0.15, 0.2) is 29.2 Å². The van der Waals surface area contributed by atoms with Gasteiger partial charge in [0, 0.05) is 19.1 Å². The van der Waals surface area contributed by atoms with E-state index in [4.69, 9.17) is 0 Å². The van der Waals surface area contributed by atoms with Crippen molar-refractivity contribution in [1.29, 1.82) is 0 Å². The van der Waals surface area contributed by atoms with Gasteiger partial charge in [-0.3, -0.25) is 0 Å². The van der Waals surface area contributed by atoms with Gasteiger partial charge in [-0.15, -0.1) is 0 Å². The molecule has 1 aliphatic heterocycles. The second-order valence-corrected chi connectivity index (χ2v) is 8.86. The first-order valence-electron chi connectivity index (χ1n) is 8.54. The molecule has 3 rings (SSSR count). The van der Waals surface area contributed by atoms with Crippen molar-refractivity contribution in [1.82, 2.24) is 14.9 Å². The fourth-order valence-electron chi connectivity index (χ4n) is 3.08. The Kier molecular flexibility index (Phi) is 4.83. The van der Waals surface area contributed by atoms with E-state index >= 15 is 0 Å². The number of nitrogens with one attached hydrogen (secondary N) is 2. The minimum Gasteiger partial charge on any atom is -0.336 e. The molecule has 0 aromatic heterocycles. The molecule has 6 nitrogen and oxygen atoms in total. The van der Waals surface area contributed by atoms with Crippen LogP contribution in [-0.2, 0) is 10.0 Å². The van der Waals surface area contributed by atoms with E-state index in [2.05, 4.69) is 10.6 Å². The molecule has 1 aliphatic carbocycles. The zero-order valence-corrected chi connectivity index (χ0v) is 15.0. The smallest absolute Gasteiger partial charge is 0.315 e. The highest BCUT2D eigenvalue weighted by atomic mass is 32.2. The Bertz CT molecular complexity index is 714. The molecule has 132 valence electrons. The van der Waals surface area contributed by atoms with Crippen molar-refractivity contribution >= 4 is 16.1 Å². The first-order chi connectivity index (χ1) is 11.4. The van der Waals surface area contributed by atoms with Gasteiger partial charge in [0.2, 0.25) is 10.0 Å². The van der Waals surface area contributed by atoms with Crippen LogP contribution in [0.1, 0.15) is 44.7 Å². The first kappa shape index (κ1) is 17.2. The summed E-state index contributed by atoms with van der Waals surface area (Å²) in [7, 11) is -3.50. The largest absolute Gasteiger partial charge is 0.336 e. The molecule has 1 saturated carbocycles. The highest BCUT2D eigenvalue weighted by Gasteiger charge is 2.37. The zero-order valence-electron chi connectivity index (χ0n) is 14.2. The molecule has 0 radical (unpaired) electrons. The molecule has 0 spiro atoms. The lowest BCUT2D eigenvalue weighted by atomic mass is 10.0. The van der Waals surface area contributed by atoms with Crippen LogP contribution in [-0.4, -0.2) is 37.9 Å². The molecular weight excluding hydrogens is 326 g/mol. The predicted molar refractivity (Wildman–Crippen MR) is 92.1 cm³/mol. The lowest BCUT2D eigenvalue weighted by Crippen LogP contribution is -2.41. The third-order valence-electron chi connectivity index (χ3n) is 4.46. The summed E-state index contributed by atoms with van der Waals surface area (Å²) in [5.41, 5.74) is 0.676. The molecule has 1 aromatic rings. The van der Waals surface area contributed by atoms with Gasteiger partial charge in [0.05, 0.1) is 10.9 Å². The predicted octanol–water partition coefficient (Wildman–Crippen LogP) is 2.24. The fourth-order valence-corrected chi connectivity index (χ4v) is 4.87. The van der Waals surface area contributed by atoms with E-state index in [9.17, 15) is 13.2 Å². The van der Waals surface area contributed by atoms with Crippen LogP contribution in [0.2, 0.25) is 0 Å². The second-order valence-electron chi connectivity index (χ2n) is 6.96.